The second kappa shape index (κ2) is 6.42. The van der Waals surface area contributed by atoms with Gasteiger partial charge < -0.3 is 10.1 Å². The van der Waals surface area contributed by atoms with Crippen LogP contribution in [0.4, 0.5) is 20.6 Å². The van der Waals surface area contributed by atoms with Crippen LogP contribution in [-0.2, 0) is 0 Å². The van der Waals surface area contributed by atoms with E-state index in [1.807, 2.05) is 0 Å². The van der Waals surface area contributed by atoms with Crippen LogP contribution in [0.15, 0.2) is 48.5 Å². The first-order chi connectivity index (χ1) is 9.67. The van der Waals surface area contributed by atoms with Crippen molar-refractivity contribution >= 4 is 17.4 Å². The molecule has 104 valence electrons. The molecule has 20 heavy (non-hydrogen) atoms. The SMILES string of the molecule is COc1ccc(NC(=O)NNc2ccc(F)cc2)cc1. The van der Waals surface area contributed by atoms with Crippen LogP contribution in [0, 0.1) is 5.82 Å². The fourth-order valence-electron chi connectivity index (χ4n) is 1.50. The number of nitrogens with one attached hydrogen (secondary N) is 3. The third-order valence-electron chi connectivity index (χ3n) is 2.51. The molecule has 0 saturated heterocycles. The van der Waals surface area contributed by atoms with Gasteiger partial charge in [-0.3, -0.25) is 10.9 Å². The lowest BCUT2D eigenvalue weighted by atomic mass is 10.3. The molecule has 2 amide bonds. The number of amides is 2. The summed E-state index contributed by atoms with van der Waals surface area (Å²) in [5.41, 5.74) is 6.31. The fraction of sp³-hybridized carbons (Fsp3) is 0.0714. The van der Waals surface area contributed by atoms with E-state index in [0.29, 0.717) is 17.1 Å². The molecule has 0 atom stereocenters. The Morgan fingerprint density at radius 2 is 1.60 bits per heavy atom. The van der Waals surface area contributed by atoms with Crippen LogP contribution in [-0.4, -0.2) is 13.1 Å². The van der Waals surface area contributed by atoms with Crippen molar-refractivity contribution in [2.75, 3.05) is 17.9 Å². The topological polar surface area (TPSA) is 62.4 Å². The highest BCUT2D eigenvalue weighted by atomic mass is 19.1. The Morgan fingerprint density at radius 3 is 2.20 bits per heavy atom. The van der Waals surface area contributed by atoms with Gasteiger partial charge in [-0.15, -0.1) is 0 Å². The van der Waals surface area contributed by atoms with E-state index in [0.717, 1.165) is 0 Å². The number of benzene rings is 2. The van der Waals surface area contributed by atoms with Crippen molar-refractivity contribution in [1.29, 1.82) is 0 Å². The second-order valence-corrected chi connectivity index (χ2v) is 3.94. The highest BCUT2D eigenvalue weighted by Gasteiger charge is 2.01. The Balaban J connectivity index is 1.84. The minimum Gasteiger partial charge on any atom is -0.497 e. The molecule has 2 aromatic carbocycles. The predicted molar refractivity (Wildman–Crippen MR) is 75.2 cm³/mol. The molecule has 6 heteroatoms. The number of carbonyl (C=O) groups excluding carboxylic acids is 1. The molecule has 2 rings (SSSR count). The molecule has 0 bridgehead atoms. The number of anilines is 2. The van der Waals surface area contributed by atoms with Gasteiger partial charge in [-0.25, -0.2) is 9.18 Å². The van der Waals surface area contributed by atoms with E-state index in [-0.39, 0.29) is 5.82 Å². The van der Waals surface area contributed by atoms with Crippen molar-refractivity contribution in [3.05, 3.63) is 54.3 Å². The van der Waals surface area contributed by atoms with E-state index in [9.17, 15) is 9.18 Å². The van der Waals surface area contributed by atoms with Gasteiger partial charge >= 0.3 is 6.03 Å². The molecule has 3 N–H and O–H groups in total. The molecule has 0 aliphatic rings. The maximum absolute atomic E-state index is 12.7. The first-order valence-corrected chi connectivity index (χ1v) is 5.90. The Bertz CT molecular complexity index is 570. The molecule has 0 radical (unpaired) electrons. The highest BCUT2D eigenvalue weighted by Crippen LogP contribution is 2.14. The van der Waals surface area contributed by atoms with Gasteiger partial charge in [-0.05, 0) is 48.5 Å². The summed E-state index contributed by atoms with van der Waals surface area (Å²) in [6, 6.07) is 12.1. The molecule has 2 aromatic rings. The van der Waals surface area contributed by atoms with Crippen molar-refractivity contribution in [2.24, 2.45) is 0 Å². The Kier molecular flexibility index (Phi) is 4.39. The van der Waals surface area contributed by atoms with Crippen LogP contribution in [0.1, 0.15) is 0 Å². The summed E-state index contributed by atoms with van der Waals surface area (Å²) in [7, 11) is 1.57. The Hall–Kier alpha value is -2.76. The van der Waals surface area contributed by atoms with Crippen LogP contribution < -0.4 is 20.9 Å². The first kappa shape index (κ1) is 13.7. The predicted octanol–water partition coefficient (Wildman–Crippen LogP) is 2.98. The number of hydrogen-bond donors (Lipinski definition) is 3. The average Bonchev–Trinajstić information content (AvgIpc) is 2.47. The summed E-state index contributed by atoms with van der Waals surface area (Å²) < 4.78 is 17.7. The van der Waals surface area contributed by atoms with Gasteiger partial charge in [-0.2, -0.15) is 0 Å². The zero-order valence-electron chi connectivity index (χ0n) is 10.8. The van der Waals surface area contributed by atoms with Crippen molar-refractivity contribution in [2.45, 2.75) is 0 Å². The van der Waals surface area contributed by atoms with Crippen LogP contribution in [0.3, 0.4) is 0 Å². The monoisotopic (exact) mass is 275 g/mol. The summed E-state index contributed by atoms with van der Waals surface area (Å²) in [4.78, 5) is 11.6. The van der Waals surface area contributed by atoms with Crippen LogP contribution in [0.25, 0.3) is 0 Å². The summed E-state index contributed by atoms with van der Waals surface area (Å²) in [5, 5.41) is 2.63. The molecule has 0 aliphatic carbocycles. The zero-order chi connectivity index (χ0) is 14.4. The smallest absolute Gasteiger partial charge is 0.337 e. The van der Waals surface area contributed by atoms with Gasteiger partial charge in [0.1, 0.15) is 11.6 Å². The summed E-state index contributed by atoms with van der Waals surface area (Å²) in [6.07, 6.45) is 0. The van der Waals surface area contributed by atoms with Crippen LogP contribution in [0.5, 0.6) is 5.75 Å². The van der Waals surface area contributed by atoms with Crippen molar-refractivity contribution < 1.29 is 13.9 Å². The highest BCUT2D eigenvalue weighted by molar-refractivity contribution is 5.90. The number of methoxy groups -OCH3 is 1. The van der Waals surface area contributed by atoms with Crippen LogP contribution >= 0.6 is 0 Å². The van der Waals surface area contributed by atoms with Gasteiger partial charge in [0.05, 0.1) is 12.8 Å². The molecule has 0 saturated carbocycles. The lowest BCUT2D eigenvalue weighted by Crippen LogP contribution is -2.33. The van der Waals surface area contributed by atoms with Gasteiger partial charge in [0.2, 0.25) is 0 Å². The van der Waals surface area contributed by atoms with Gasteiger partial charge in [0.25, 0.3) is 0 Å². The van der Waals surface area contributed by atoms with Crippen molar-refractivity contribution in [3.8, 4) is 5.75 Å². The Labute approximate surface area is 115 Å². The average molecular weight is 275 g/mol. The molecule has 0 fully saturated rings. The largest absolute Gasteiger partial charge is 0.497 e. The third-order valence-corrected chi connectivity index (χ3v) is 2.51. The van der Waals surface area contributed by atoms with Crippen molar-refractivity contribution in [3.63, 3.8) is 0 Å². The van der Waals surface area contributed by atoms with E-state index in [1.165, 1.54) is 24.3 Å². The number of hydrogen-bond acceptors (Lipinski definition) is 3. The standard InChI is InChI=1S/C14H14FN3O2/c1-20-13-8-6-11(7-9-13)16-14(19)18-17-12-4-2-10(15)3-5-12/h2-9,17H,1H3,(H2,16,18,19). The number of ether oxygens (including phenoxy) is 1. The maximum atomic E-state index is 12.7. The minimum atomic E-state index is -0.431. The number of halogens is 1. The van der Waals surface area contributed by atoms with Crippen LogP contribution in [0.2, 0.25) is 0 Å². The lowest BCUT2D eigenvalue weighted by molar-refractivity contribution is 0.254. The third kappa shape index (κ3) is 3.88. The van der Waals surface area contributed by atoms with Gasteiger partial charge in [0, 0.05) is 5.69 Å². The van der Waals surface area contributed by atoms with Gasteiger partial charge in [-0.1, -0.05) is 0 Å². The Morgan fingerprint density at radius 1 is 1.00 bits per heavy atom. The molecule has 0 spiro atoms. The molecule has 0 aromatic heterocycles. The molecule has 0 aliphatic heterocycles. The minimum absolute atomic E-state index is 0.335. The maximum Gasteiger partial charge on any atom is 0.337 e. The molecule has 0 heterocycles. The second-order valence-electron chi connectivity index (χ2n) is 3.94. The van der Waals surface area contributed by atoms with E-state index in [2.05, 4.69) is 16.2 Å². The molecular formula is C14H14FN3O2. The fourth-order valence-corrected chi connectivity index (χ4v) is 1.50. The van der Waals surface area contributed by atoms with E-state index >= 15 is 0 Å². The van der Waals surface area contributed by atoms with Gasteiger partial charge in [0.15, 0.2) is 0 Å². The summed E-state index contributed by atoms with van der Waals surface area (Å²) >= 11 is 0. The summed E-state index contributed by atoms with van der Waals surface area (Å²) in [6.45, 7) is 0. The number of urea groups is 1. The zero-order valence-corrected chi connectivity index (χ0v) is 10.8. The quantitative estimate of drug-likeness (QED) is 0.752. The van der Waals surface area contributed by atoms with E-state index in [1.54, 1.807) is 31.4 Å². The van der Waals surface area contributed by atoms with E-state index < -0.39 is 6.03 Å². The lowest BCUT2D eigenvalue weighted by Gasteiger charge is -2.10. The number of carbonyl (C=O) groups is 1. The van der Waals surface area contributed by atoms with Crippen molar-refractivity contribution in [1.82, 2.24) is 5.43 Å². The number of hydrazine groups is 1. The summed E-state index contributed by atoms with van der Waals surface area (Å²) in [5.74, 6) is 0.374. The molecular weight excluding hydrogens is 261 g/mol. The molecule has 0 unspecified atom stereocenters. The first-order valence-electron chi connectivity index (χ1n) is 5.90. The number of rotatable bonds is 4. The normalized spacial score (nSPS) is 9.70. The molecule has 5 nitrogen and oxygen atoms in total. The van der Waals surface area contributed by atoms with E-state index in [4.69, 9.17) is 4.74 Å².